The van der Waals surface area contributed by atoms with Gasteiger partial charge >= 0.3 is 11.8 Å². The second-order valence-corrected chi connectivity index (χ2v) is 8.33. The number of rotatable bonds is 9. The van der Waals surface area contributed by atoms with Crippen LogP contribution in [0.25, 0.3) is 0 Å². The summed E-state index contributed by atoms with van der Waals surface area (Å²) in [6.45, 7) is 4.08. The molecule has 0 radical (unpaired) electrons. The van der Waals surface area contributed by atoms with Gasteiger partial charge in [-0.1, -0.05) is 11.6 Å². The molecule has 0 spiro atoms. The summed E-state index contributed by atoms with van der Waals surface area (Å²) in [7, 11) is 4.53. The average molecular weight is 526 g/mol. The lowest BCUT2D eigenvalue weighted by Gasteiger charge is -2.13. The molecule has 0 saturated heterocycles. The summed E-state index contributed by atoms with van der Waals surface area (Å²) >= 11 is 6.24. The van der Waals surface area contributed by atoms with E-state index in [1.54, 1.807) is 37.4 Å². The Hall–Kier alpha value is -4.24. The number of carbonyl (C=O) groups is 2. The summed E-state index contributed by atoms with van der Waals surface area (Å²) in [6, 6.07) is 13.9. The lowest BCUT2D eigenvalue weighted by molar-refractivity contribution is -0.136. The van der Waals surface area contributed by atoms with Gasteiger partial charge in [-0.2, -0.15) is 5.10 Å². The van der Waals surface area contributed by atoms with Crippen molar-refractivity contribution in [2.24, 2.45) is 5.10 Å². The molecular formula is C27H28ClN3O6. The van der Waals surface area contributed by atoms with Crippen LogP contribution in [-0.2, 0) is 16.2 Å². The van der Waals surface area contributed by atoms with E-state index >= 15 is 0 Å². The van der Waals surface area contributed by atoms with Crippen LogP contribution in [0.1, 0.15) is 22.3 Å². The van der Waals surface area contributed by atoms with Crippen molar-refractivity contribution in [3.05, 3.63) is 75.8 Å². The van der Waals surface area contributed by atoms with E-state index in [1.807, 2.05) is 32.0 Å². The molecule has 37 heavy (non-hydrogen) atoms. The first-order valence-electron chi connectivity index (χ1n) is 11.2. The van der Waals surface area contributed by atoms with Gasteiger partial charge in [0.1, 0.15) is 29.6 Å². The molecule has 3 aromatic carbocycles. The molecule has 0 saturated carbocycles. The lowest BCUT2D eigenvalue weighted by atomic mass is 10.1. The van der Waals surface area contributed by atoms with Crippen LogP contribution < -0.4 is 29.7 Å². The van der Waals surface area contributed by atoms with Crippen LogP contribution >= 0.6 is 11.6 Å². The molecule has 0 aliphatic carbocycles. The third-order valence-corrected chi connectivity index (χ3v) is 5.95. The van der Waals surface area contributed by atoms with E-state index in [1.165, 1.54) is 20.4 Å². The van der Waals surface area contributed by atoms with Crippen molar-refractivity contribution >= 4 is 35.3 Å². The number of anilines is 1. The number of halogens is 1. The third-order valence-electron chi connectivity index (χ3n) is 5.35. The van der Waals surface area contributed by atoms with Gasteiger partial charge in [0.05, 0.1) is 33.2 Å². The Morgan fingerprint density at radius 1 is 0.865 bits per heavy atom. The van der Waals surface area contributed by atoms with E-state index in [0.717, 1.165) is 16.7 Å². The van der Waals surface area contributed by atoms with Crippen molar-refractivity contribution in [1.82, 2.24) is 5.43 Å². The quantitative estimate of drug-likeness (QED) is 0.239. The van der Waals surface area contributed by atoms with Crippen LogP contribution in [0.3, 0.4) is 0 Å². The van der Waals surface area contributed by atoms with E-state index in [9.17, 15) is 9.59 Å². The van der Waals surface area contributed by atoms with Crippen LogP contribution in [0.15, 0.2) is 53.6 Å². The smallest absolute Gasteiger partial charge is 0.329 e. The number of ether oxygens (including phenoxy) is 4. The van der Waals surface area contributed by atoms with Crippen molar-refractivity contribution in [3.63, 3.8) is 0 Å². The minimum absolute atomic E-state index is 0.240. The van der Waals surface area contributed by atoms with E-state index < -0.39 is 11.8 Å². The molecule has 3 aromatic rings. The minimum atomic E-state index is -0.945. The minimum Gasteiger partial charge on any atom is -0.497 e. The fraction of sp³-hybridized carbons (Fsp3) is 0.222. The van der Waals surface area contributed by atoms with E-state index in [-0.39, 0.29) is 6.61 Å². The Labute approximate surface area is 220 Å². The molecule has 0 aromatic heterocycles. The molecule has 0 bridgehead atoms. The van der Waals surface area contributed by atoms with Crippen molar-refractivity contribution in [2.75, 3.05) is 26.6 Å². The molecule has 9 nitrogen and oxygen atoms in total. The van der Waals surface area contributed by atoms with Crippen LogP contribution in [0.4, 0.5) is 5.69 Å². The molecule has 0 aliphatic rings. The van der Waals surface area contributed by atoms with Crippen molar-refractivity contribution < 1.29 is 28.5 Å². The highest BCUT2D eigenvalue weighted by atomic mass is 35.5. The van der Waals surface area contributed by atoms with Gasteiger partial charge in [-0.3, -0.25) is 9.59 Å². The van der Waals surface area contributed by atoms with Gasteiger partial charge in [-0.05, 0) is 73.0 Å². The topological polar surface area (TPSA) is 107 Å². The van der Waals surface area contributed by atoms with Crippen molar-refractivity contribution in [3.8, 4) is 23.0 Å². The normalized spacial score (nSPS) is 10.6. The molecule has 10 heteroatoms. The van der Waals surface area contributed by atoms with Crippen molar-refractivity contribution in [1.29, 1.82) is 0 Å². The fourth-order valence-electron chi connectivity index (χ4n) is 3.44. The summed E-state index contributed by atoms with van der Waals surface area (Å²) in [4.78, 5) is 24.5. The molecule has 194 valence electrons. The predicted molar refractivity (Wildman–Crippen MR) is 142 cm³/mol. The molecule has 2 N–H and O–H groups in total. The van der Waals surface area contributed by atoms with E-state index in [4.69, 9.17) is 30.5 Å². The van der Waals surface area contributed by atoms with E-state index in [0.29, 0.717) is 39.3 Å². The molecule has 0 fully saturated rings. The number of amides is 2. The van der Waals surface area contributed by atoms with Gasteiger partial charge in [0.15, 0.2) is 0 Å². The maximum absolute atomic E-state index is 12.3. The first kappa shape index (κ1) is 27.3. The first-order valence-corrected chi connectivity index (χ1v) is 11.6. The first-order chi connectivity index (χ1) is 17.7. The third kappa shape index (κ3) is 7.14. The number of nitrogens with one attached hydrogen (secondary N) is 2. The number of benzene rings is 3. The Balaban J connectivity index is 1.63. The highest BCUT2D eigenvalue weighted by molar-refractivity contribution is 6.39. The van der Waals surface area contributed by atoms with Gasteiger partial charge in [-0.15, -0.1) is 0 Å². The van der Waals surface area contributed by atoms with Gasteiger partial charge < -0.3 is 24.3 Å². The lowest BCUT2D eigenvalue weighted by Crippen LogP contribution is -2.32. The summed E-state index contributed by atoms with van der Waals surface area (Å²) < 4.78 is 21.7. The zero-order valence-corrected chi connectivity index (χ0v) is 21.9. The average Bonchev–Trinajstić information content (AvgIpc) is 2.90. The monoisotopic (exact) mass is 525 g/mol. The Kier molecular flexibility index (Phi) is 9.34. The van der Waals surface area contributed by atoms with Gasteiger partial charge in [0.2, 0.25) is 0 Å². The summed E-state index contributed by atoms with van der Waals surface area (Å²) in [6.07, 6.45) is 1.42. The summed E-state index contributed by atoms with van der Waals surface area (Å²) in [5.41, 5.74) is 5.82. The maximum atomic E-state index is 12.3. The molecule has 3 rings (SSSR count). The second-order valence-electron chi connectivity index (χ2n) is 7.95. The molecule has 2 amide bonds. The van der Waals surface area contributed by atoms with Crippen LogP contribution in [0.5, 0.6) is 23.0 Å². The standard InChI is InChI=1S/C27H28ClN3O6/c1-16-10-21(11-17(2)25(16)28)37-15-19-12-18(6-9-23(19)35-4)14-29-31-27(33)26(32)30-22-8-7-20(34-3)13-24(22)36-5/h6-14H,15H2,1-5H3,(H,30,32)(H,31,33)/b29-14+. The second kappa shape index (κ2) is 12.6. The Morgan fingerprint density at radius 3 is 2.22 bits per heavy atom. The number of hydrogen-bond acceptors (Lipinski definition) is 7. The van der Waals surface area contributed by atoms with Crippen LogP contribution in [-0.4, -0.2) is 39.4 Å². The van der Waals surface area contributed by atoms with Gasteiger partial charge in [0.25, 0.3) is 0 Å². The number of aryl methyl sites for hydroxylation is 2. The molecule has 0 atom stereocenters. The number of hydrogen-bond donors (Lipinski definition) is 2. The van der Waals surface area contributed by atoms with Crippen LogP contribution in [0, 0.1) is 13.8 Å². The summed E-state index contributed by atoms with van der Waals surface area (Å²) in [5, 5.41) is 7.08. The largest absolute Gasteiger partial charge is 0.497 e. The SMILES string of the molecule is COc1ccc(NC(=O)C(=O)N/N=C/c2ccc(OC)c(COc3cc(C)c(Cl)c(C)c3)c2)c(OC)c1. The number of nitrogens with zero attached hydrogens (tertiary/aromatic N) is 1. The van der Waals surface area contributed by atoms with Gasteiger partial charge in [0, 0.05) is 16.7 Å². The summed E-state index contributed by atoms with van der Waals surface area (Å²) in [5.74, 6) is 0.369. The zero-order valence-electron chi connectivity index (χ0n) is 21.2. The fourth-order valence-corrected chi connectivity index (χ4v) is 3.55. The van der Waals surface area contributed by atoms with Crippen LogP contribution in [0.2, 0.25) is 5.02 Å². The molecule has 0 aliphatic heterocycles. The van der Waals surface area contributed by atoms with Gasteiger partial charge in [-0.25, -0.2) is 5.43 Å². The highest BCUT2D eigenvalue weighted by Gasteiger charge is 2.16. The molecule has 0 heterocycles. The Bertz CT molecular complexity index is 1300. The molecule has 0 unspecified atom stereocenters. The number of methoxy groups -OCH3 is 3. The predicted octanol–water partition coefficient (Wildman–Crippen LogP) is 4.65. The molecular weight excluding hydrogens is 498 g/mol. The van der Waals surface area contributed by atoms with Crippen molar-refractivity contribution in [2.45, 2.75) is 20.5 Å². The van der Waals surface area contributed by atoms with E-state index in [2.05, 4.69) is 15.8 Å². The Morgan fingerprint density at radius 2 is 1.57 bits per heavy atom. The maximum Gasteiger partial charge on any atom is 0.329 e. The number of hydrazone groups is 1. The zero-order chi connectivity index (χ0) is 26.9. The number of carbonyl (C=O) groups excluding carboxylic acids is 2. The highest BCUT2D eigenvalue weighted by Crippen LogP contribution is 2.29.